The van der Waals surface area contributed by atoms with E-state index in [4.69, 9.17) is 5.11 Å². The molecule has 0 spiro atoms. The highest BCUT2D eigenvalue weighted by Crippen LogP contribution is 2.23. The van der Waals surface area contributed by atoms with Crippen molar-refractivity contribution in [1.29, 1.82) is 0 Å². The third-order valence-corrected chi connectivity index (χ3v) is 2.87. The average Bonchev–Trinajstić information content (AvgIpc) is 2.28. The molecule has 1 unspecified atom stereocenters. The van der Waals surface area contributed by atoms with E-state index in [0.29, 0.717) is 4.90 Å². The van der Waals surface area contributed by atoms with Gasteiger partial charge in [-0.2, -0.15) is 0 Å². The number of carboxylic acid groups (broad SMARTS) is 1. The normalized spacial score (nSPS) is 11.9. The smallest absolute Gasteiger partial charge is 0.354 e. The number of aromatic carboxylic acids is 1. The molecule has 0 aliphatic rings. The molecule has 0 aliphatic carbocycles. The van der Waals surface area contributed by atoms with Gasteiger partial charge in [-0.15, -0.1) is 11.8 Å². The molecule has 1 aromatic heterocycles. The van der Waals surface area contributed by atoms with Crippen LogP contribution in [0.25, 0.3) is 0 Å². The fourth-order valence-corrected chi connectivity index (χ4v) is 1.94. The van der Waals surface area contributed by atoms with Gasteiger partial charge in [-0.05, 0) is 19.1 Å². The second-order valence-electron chi connectivity index (χ2n) is 2.97. The van der Waals surface area contributed by atoms with Crippen molar-refractivity contribution in [2.24, 2.45) is 0 Å². The van der Waals surface area contributed by atoms with Gasteiger partial charge in [0.1, 0.15) is 10.9 Å². The van der Waals surface area contributed by atoms with Crippen LogP contribution in [0.1, 0.15) is 17.4 Å². The van der Waals surface area contributed by atoms with Gasteiger partial charge >= 0.3 is 11.9 Å². The average molecular weight is 241 g/mol. The van der Waals surface area contributed by atoms with Crippen LogP contribution in [0.4, 0.5) is 0 Å². The van der Waals surface area contributed by atoms with E-state index in [0.717, 1.165) is 0 Å². The largest absolute Gasteiger partial charge is 0.477 e. The standard InChI is InChI=1S/C10H11NO4S/c1-6(10(14)15-2)16-7-3-4-11-8(5-7)9(12)13/h3-6H,1-2H3,(H,12,13). The zero-order valence-electron chi connectivity index (χ0n) is 8.84. The number of pyridine rings is 1. The zero-order chi connectivity index (χ0) is 12.1. The number of rotatable bonds is 4. The molecular weight excluding hydrogens is 230 g/mol. The van der Waals surface area contributed by atoms with Crippen molar-refractivity contribution in [3.8, 4) is 0 Å². The van der Waals surface area contributed by atoms with Crippen molar-refractivity contribution < 1.29 is 19.4 Å². The second-order valence-corrected chi connectivity index (χ2v) is 4.38. The van der Waals surface area contributed by atoms with Gasteiger partial charge in [0, 0.05) is 11.1 Å². The van der Waals surface area contributed by atoms with Crippen LogP contribution in [-0.2, 0) is 9.53 Å². The first-order chi connectivity index (χ1) is 7.54. The molecule has 0 aromatic carbocycles. The van der Waals surface area contributed by atoms with E-state index in [2.05, 4.69) is 9.72 Å². The molecule has 0 saturated heterocycles. The van der Waals surface area contributed by atoms with Gasteiger partial charge in [-0.1, -0.05) is 0 Å². The SMILES string of the molecule is COC(=O)C(C)Sc1ccnc(C(=O)O)c1. The first kappa shape index (κ1) is 12.5. The van der Waals surface area contributed by atoms with Crippen LogP contribution in [-0.4, -0.2) is 34.4 Å². The Morgan fingerprint density at radius 1 is 1.56 bits per heavy atom. The van der Waals surface area contributed by atoms with Crippen LogP contribution < -0.4 is 0 Å². The maximum Gasteiger partial charge on any atom is 0.354 e. The molecule has 1 rings (SSSR count). The quantitative estimate of drug-likeness (QED) is 0.634. The lowest BCUT2D eigenvalue weighted by Crippen LogP contribution is -2.14. The van der Waals surface area contributed by atoms with Gasteiger partial charge in [0.2, 0.25) is 0 Å². The number of carbonyl (C=O) groups excluding carboxylic acids is 1. The summed E-state index contributed by atoms with van der Waals surface area (Å²) in [5.41, 5.74) is -0.0398. The Balaban J connectivity index is 2.78. The van der Waals surface area contributed by atoms with Gasteiger partial charge in [0.15, 0.2) is 0 Å². The number of aromatic nitrogens is 1. The molecule has 0 saturated carbocycles. The summed E-state index contributed by atoms with van der Waals surface area (Å²) >= 11 is 1.23. The number of carbonyl (C=O) groups is 2. The Labute approximate surface area is 96.8 Å². The molecular formula is C10H11NO4S. The highest BCUT2D eigenvalue weighted by Gasteiger charge is 2.15. The van der Waals surface area contributed by atoms with E-state index in [-0.39, 0.29) is 16.9 Å². The predicted octanol–water partition coefficient (Wildman–Crippen LogP) is 1.43. The Kier molecular flexibility index (Phi) is 4.30. The lowest BCUT2D eigenvalue weighted by molar-refractivity contribution is -0.139. The summed E-state index contributed by atoms with van der Waals surface area (Å²) in [7, 11) is 1.31. The molecule has 0 fully saturated rings. The lowest BCUT2D eigenvalue weighted by Gasteiger charge is -2.08. The number of esters is 1. The molecule has 1 atom stereocenters. The summed E-state index contributed by atoms with van der Waals surface area (Å²) in [6.45, 7) is 1.69. The molecule has 16 heavy (non-hydrogen) atoms. The van der Waals surface area contributed by atoms with Crippen LogP contribution in [0.5, 0.6) is 0 Å². The zero-order valence-corrected chi connectivity index (χ0v) is 9.65. The summed E-state index contributed by atoms with van der Waals surface area (Å²) < 4.78 is 4.57. The van der Waals surface area contributed by atoms with Crippen LogP contribution >= 0.6 is 11.8 Å². The summed E-state index contributed by atoms with van der Waals surface area (Å²) in [6, 6.07) is 3.07. The van der Waals surface area contributed by atoms with Crippen molar-refractivity contribution in [2.75, 3.05) is 7.11 Å². The van der Waals surface area contributed by atoms with Crippen molar-refractivity contribution in [1.82, 2.24) is 4.98 Å². The molecule has 86 valence electrons. The van der Waals surface area contributed by atoms with E-state index in [1.54, 1.807) is 13.0 Å². The topological polar surface area (TPSA) is 76.5 Å². The number of ether oxygens (including phenoxy) is 1. The number of hydrogen-bond acceptors (Lipinski definition) is 5. The predicted molar refractivity (Wildman–Crippen MR) is 58.5 cm³/mol. The molecule has 1 N–H and O–H groups in total. The fourth-order valence-electron chi connectivity index (χ4n) is 1.02. The molecule has 1 aromatic rings. The van der Waals surface area contributed by atoms with E-state index in [9.17, 15) is 9.59 Å². The number of nitrogens with zero attached hydrogens (tertiary/aromatic N) is 1. The minimum Gasteiger partial charge on any atom is -0.477 e. The number of methoxy groups -OCH3 is 1. The van der Waals surface area contributed by atoms with Gasteiger partial charge in [0.05, 0.1) is 7.11 Å². The molecule has 0 aliphatic heterocycles. The highest BCUT2D eigenvalue weighted by molar-refractivity contribution is 8.00. The van der Waals surface area contributed by atoms with E-state index >= 15 is 0 Å². The van der Waals surface area contributed by atoms with Crippen molar-refractivity contribution in [3.63, 3.8) is 0 Å². The number of carboxylic acids is 1. The first-order valence-electron chi connectivity index (χ1n) is 4.48. The third-order valence-electron chi connectivity index (χ3n) is 1.80. The molecule has 1 heterocycles. The van der Waals surface area contributed by atoms with Gasteiger partial charge in [0.25, 0.3) is 0 Å². The van der Waals surface area contributed by atoms with Gasteiger partial charge < -0.3 is 9.84 Å². The monoisotopic (exact) mass is 241 g/mol. The lowest BCUT2D eigenvalue weighted by atomic mass is 10.3. The Bertz CT molecular complexity index is 408. The molecule has 6 heteroatoms. The molecule has 0 amide bonds. The summed E-state index contributed by atoms with van der Waals surface area (Å²) in [4.78, 5) is 26.2. The van der Waals surface area contributed by atoms with Crippen LogP contribution in [0.2, 0.25) is 0 Å². The Morgan fingerprint density at radius 2 is 2.25 bits per heavy atom. The van der Waals surface area contributed by atoms with Crippen molar-refractivity contribution in [2.45, 2.75) is 17.1 Å². The van der Waals surface area contributed by atoms with E-state index in [1.807, 2.05) is 0 Å². The van der Waals surface area contributed by atoms with E-state index < -0.39 is 5.97 Å². The van der Waals surface area contributed by atoms with E-state index in [1.165, 1.54) is 31.1 Å². The van der Waals surface area contributed by atoms with Crippen molar-refractivity contribution in [3.05, 3.63) is 24.0 Å². The van der Waals surface area contributed by atoms with Crippen LogP contribution in [0.15, 0.2) is 23.2 Å². The molecule has 0 bridgehead atoms. The second kappa shape index (κ2) is 5.50. The number of hydrogen-bond donors (Lipinski definition) is 1. The van der Waals surface area contributed by atoms with Gasteiger partial charge in [-0.3, -0.25) is 4.79 Å². The minimum absolute atomic E-state index is 0.0398. The first-order valence-corrected chi connectivity index (χ1v) is 5.36. The third kappa shape index (κ3) is 3.23. The number of thioether (sulfide) groups is 1. The fraction of sp³-hybridized carbons (Fsp3) is 0.300. The van der Waals surface area contributed by atoms with Gasteiger partial charge in [-0.25, -0.2) is 9.78 Å². The Hall–Kier alpha value is -1.56. The van der Waals surface area contributed by atoms with Crippen LogP contribution in [0.3, 0.4) is 0 Å². The molecule has 5 nitrogen and oxygen atoms in total. The summed E-state index contributed by atoms with van der Waals surface area (Å²) in [5, 5.41) is 8.35. The minimum atomic E-state index is -1.09. The van der Waals surface area contributed by atoms with Crippen molar-refractivity contribution >= 4 is 23.7 Å². The summed E-state index contributed by atoms with van der Waals surface area (Å²) in [6.07, 6.45) is 1.40. The highest BCUT2D eigenvalue weighted by atomic mass is 32.2. The maximum atomic E-state index is 11.2. The van der Waals surface area contributed by atoms with Crippen LogP contribution in [0, 0.1) is 0 Å². The molecule has 0 radical (unpaired) electrons. The maximum absolute atomic E-state index is 11.2. The Morgan fingerprint density at radius 3 is 2.81 bits per heavy atom. The summed E-state index contributed by atoms with van der Waals surface area (Å²) in [5.74, 6) is -1.44.